The Morgan fingerprint density at radius 1 is 1.33 bits per heavy atom. The highest BCUT2D eigenvalue weighted by molar-refractivity contribution is 6.36. The zero-order chi connectivity index (χ0) is 13.1. The van der Waals surface area contributed by atoms with Crippen LogP contribution < -0.4 is 5.32 Å². The van der Waals surface area contributed by atoms with Crippen molar-refractivity contribution in [2.45, 2.75) is 12.8 Å². The maximum Gasteiger partial charge on any atom is 0.227 e. The number of hydrogen-bond donors (Lipinski definition) is 2. The van der Waals surface area contributed by atoms with Crippen molar-refractivity contribution < 1.29 is 14.6 Å². The minimum Gasteiger partial charge on any atom is -0.504 e. The molecule has 0 aromatic heterocycles. The van der Waals surface area contributed by atoms with Gasteiger partial charge in [0.1, 0.15) is 0 Å². The molecular formula is C12H13Cl2NO3. The van der Waals surface area contributed by atoms with Gasteiger partial charge in [-0.25, -0.2) is 0 Å². The van der Waals surface area contributed by atoms with Crippen LogP contribution in [-0.2, 0) is 9.53 Å². The highest BCUT2D eigenvalue weighted by Gasteiger charge is 2.22. The lowest BCUT2D eigenvalue weighted by Gasteiger charge is -2.21. The molecule has 6 heteroatoms. The van der Waals surface area contributed by atoms with Crippen LogP contribution in [0.3, 0.4) is 0 Å². The molecule has 4 nitrogen and oxygen atoms in total. The molecule has 1 fully saturated rings. The molecule has 1 aliphatic rings. The van der Waals surface area contributed by atoms with Gasteiger partial charge in [-0.15, -0.1) is 0 Å². The number of carbonyl (C=O) groups excluding carboxylic acids is 1. The predicted octanol–water partition coefficient (Wildman–Crippen LogP) is 3.06. The van der Waals surface area contributed by atoms with E-state index in [1.807, 2.05) is 0 Å². The van der Waals surface area contributed by atoms with E-state index in [2.05, 4.69) is 5.32 Å². The summed E-state index contributed by atoms with van der Waals surface area (Å²) in [5.74, 6) is -0.413. The first-order valence-corrected chi connectivity index (χ1v) is 6.40. The minimum atomic E-state index is -0.165. The number of benzene rings is 1. The Kier molecular flexibility index (Phi) is 4.32. The summed E-state index contributed by atoms with van der Waals surface area (Å²) in [4.78, 5) is 12.0. The van der Waals surface area contributed by atoms with Gasteiger partial charge in [-0.3, -0.25) is 4.79 Å². The number of nitrogens with one attached hydrogen (secondary N) is 1. The van der Waals surface area contributed by atoms with E-state index in [1.54, 1.807) is 0 Å². The summed E-state index contributed by atoms with van der Waals surface area (Å²) in [5.41, 5.74) is 0.240. The number of phenolic OH excluding ortho intramolecular Hbond substituents is 1. The number of ether oxygens (including phenoxy) is 1. The molecule has 0 aliphatic carbocycles. The fourth-order valence-electron chi connectivity index (χ4n) is 1.86. The van der Waals surface area contributed by atoms with Crippen molar-refractivity contribution in [1.82, 2.24) is 0 Å². The van der Waals surface area contributed by atoms with E-state index in [1.165, 1.54) is 12.1 Å². The van der Waals surface area contributed by atoms with Crippen molar-refractivity contribution in [2.24, 2.45) is 5.92 Å². The molecule has 0 bridgehead atoms. The molecule has 0 radical (unpaired) electrons. The van der Waals surface area contributed by atoms with Crippen LogP contribution in [-0.4, -0.2) is 24.2 Å². The zero-order valence-corrected chi connectivity index (χ0v) is 11.1. The topological polar surface area (TPSA) is 58.6 Å². The molecule has 98 valence electrons. The van der Waals surface area contributed by atoms with Gasteiger partial charge in [-0.1, -0.05) is 23.2 Å². The molecule has 2 N–H and O–H groups in total. The van der Waals surface area contributed by atoms with E-state index >= 15 is 0 Å². The van der Waals surface area contributed by atoms with Crippen molar-refractivity contribution in [1.29, 1.82) is 0 Å². The lowest BCUT2D eigenvalue weighted by Crippen LogP contribution is -2.28. The van der Waals surface area contributed by atoms with Crippen molar-refractivity contribution >= 4 is 34.8 Å². The lowest BCUT2D eigenvalue weighted by atomic mass is 9.99. The monoisotopic (exact) mass is 289 g/mol. The number of hydrogen-bond acceptors (Lipinski definition) is 3. The van der Waals surface area contributed by atoms with Gasteiger partial charge in [0.25, 0.3) is 0 Å². The number of anilines is 1. The first-order valence-electron chi connectivity index (χ1n) is 5.64. The second-order valence-corrected chi connectivity index (χ2v) is 5.00. The molecular weight excluding hydrogens is 277 g/mol. The Labute approximate surface area is 115 Å². The van der Waals surface area contributed by atoms with Crippen LogP contribution in [0.1, 0.15) is 12.8 Å². The summed E-state index contributed by atoms with van der Waals surface area (Å²) in [6.45, 7) is 1.17. The maximum absolute atomic E-state index is 12.0. The first kappa shape index (κ1) is 13.5. The average Bonchev–Trinajstić information content (AvgIpc) is 2.36. The minimum absolute atomic E-state index is 0.101. The van der Waals surface area contributed by atoms with E-state index in [4.69, 9.17) is 27.9 Å². The number of aromatic hydroxyl groups is 1. The van der Waals surface area contributed by atoms with Crippen molar-refractivity contribution in [3.05, 3.63) is 22.2 Å². The number of halogens is 2. The highest BCUT2D eigenvalue weighted by Crippen LogP contribution is 2.35. The van der Waals surface area contributed by atoms with Crippen molar-refractivity contribution in [3.8, 4) is 5.75 Å². The van der Waals surface area contributed by atoms with E-state index in [0.717, 1.165) is 0 Å². The van der Waals surface area contributed by atoms with Gasteiger partial charge >= 0.3 is 0 Å². The van der Waals surface area contributed by atoms with Gasteiger partial charge in [0, 0.05) is 24.2 Å². The molecule has 1 heterocycles. The maximum atomic E-state index is 12.0. The van der Waals surface area contributed by atoms with E-state index in [-0.39, 0.29) is 28.3 Å². The second-order valence-electron chi connectivity index (χ2n) is 4.16. The summed E-state index contributed by atoms with van der Waals surface area (Å²) in [6.07, 6.45) is 1.36. The third-order valence-corrected chi connectivity index (χ3v) is 3.38. The number of phenols is 1. The normalized spacial score (nSPS) is 16.6. The van der Waals surface area contributed by atoms with Crippen molar-refractivity contribution in [3.63, 3.8) is 0 Å². The summed E-state index contributed by atoms with van der Waals surface area (Å²) in [7, 11) is 0. The van der Waals surface area contributed by atoms with Crippen LogP contribution in [0.2, 0.25) is 10.0 Å². The van der Waals surface area contributed by atoms with Crippen LogP contribution in [0.4, 0.5) is 5.69 Å². The molecule has 0 spiro atoms. The Morgan fingerprint density at radius 3 is 2.67 bits per heavy atom. The summed E-state index contributed by atoms with van der Waals surface area (Å²) in [6, 6.07) is 2.89. The smallest absolute Gasteiger partial charge is 0.227 e. The molecule has 0 saturated carbocycles. The molecule has 0 unspecified atom stereocenters. The first-order chi connectivity index (χ1) is 8.58. The molecule has 1 amide bonds. The largest absolute Gasteiger partial charge is 0.504 e. The quantitative estimate of drug-likeness (QED) is 0.823. The SMILES string of the molecule is O=C(Nc1cc(Cl)cc(Cl)c1O)C1CCOCC1. The van der Waals surface area contributed by atoms with Gasteiger partial charge in [0.2, 0.25) is 5.91 Å². The fraction of sp³-hybridized carbons (Fsp3) is 0.417. The molecule has 0 atom stereocenters. The lowest BCUT2D eigenvalue weighted by molar-refractivity contribution is -0.122. The van der Waals surface area contributed by atoms with Crippen molar-refractivity contribution in [2.75, 3.05) is 18.5 Å². The number of carbonyl (C=O) groups is 1. The molecule has 2 rings (SSSR count). The van der Waals surface area contributed by atoms with E-state index in [0.29, 0.717) is 31.1 Å². The Hall–Kier alpha value is -0.970. The van der Waals surface area contributed by atoms with Gasteiger partial charge < -0.3 is 15.2 Å². The van der Waals surface area contributed by atoms with Crippen LogP contribution in [0, 0.1) is 5.92 Å². The van der Waals surface area contributed by atoms with Crippen LogP contribution in [0.5, 0.6) is 5.75 Å². The zero-order valence-electron chi connectivity index (χ0n) is 9.58. The summed E-state index contributed by atoms with van der Waals surface area (Å²) < 4.78 is 5.19. The predicted molar refractivity (Wildman–Crippen MR) is 70.3 cm³/mol. The Bertz CT molecular complexity index is 459. The second kappa shape index (κ2) is 5.78. The molecule has 18 heavy (non-hydrogen) atoms. The Balaban J connectivity index is 2.11. The van der Waals surface area contributed by atoms with Crippen LogP contribution in [0.15, 0.2) is 12.1 Å². The third kappa shape index (κ3) is 3.07. The van der Waals surface area contributed by atoms with Crippen LogP contribution in [0.25, 0.3) is 0 Å². The van der Waals surface area contributed by atoms with Gasteiger partial charge in [-0.05, 0) is 25.0 Å². The number of amides is 1. The standard InChI is InChI=1S/C12H13Cl2NO3/c13-8-5-9(14)11(16)10(6-8)15-12(17)7-1-3-18-4-2-7/h5-7,16H,1-4H2,(H,15,17). The van der Waals surface area contributed by atoms with Gasteiger partial charge in [0.15, 0.2) is 5.75 Å². The number of rotatable bonds is 2. The van der Waals surface area contributed by atoms with Gasteiger partial charge in [-0.2, -0.15) is 0 Å². The fourth-order valence-corrected chi connectivity index (χ4v) is 2.35. The van der Waals surface area contributed by atoms with Crippen LogP contribution >= 0.6 is 23.2 Å². The molecule has 1 aliphatic heterocycles. The highest BCUT2D eigenvalue weighted by atomic mass is 35.5. The summed E-state index contributed by atoms with van der Waals surface area (Å²) in [5, 5.41) is 12.9. The van der Waals surface area contributed by atoms with E-state index < -0.39 is 0 Å². The Morgan fingerprint density at radius 2 is 2.00 bits per heavy atom. The average molecular weight is 290 g/mol. The molecule has 1 aromatic rings. The third-order valence-electron chi connectivity index (χ3n) is 2.88. The van der Waals surface area contributed by atoms with E-state index in [9.17, 15) is 9.90 Å². The summed E-state index contributed by atoms with van der Waals surface area (Å²) >= 11 is 11.6. The van der Waals surface area contributed by atoms with Gasteiger partial charge in [0.05, 0.1) is 10.7 Å². The molecule has 1 aromatic carbocycles. The molecule has 1 saturated heterocycles.